The van der Waals surface area contributed by atoms with Crippen LogP contribution in [0.4, 0.5) is 4.79 Å². The number of piperazine rings is 1. The van der Waals surface area contributed by atoms with E-state index < -0.39 is 12.0 Å². The first kappa shape index (κ1) is 32.2. The zero-order valence-electron chi connectivity index (χ0n) is 25.1. The Balaban J connectivity index is 1.66. The van der Waals surface area contributed by atoms with Gasteiger partial charge in [0.15, 0.2) is 0 Å². The minimum absolute atomic E-state index is 0.172. The molecule has 9 heteroatoms. The molecule has 0 radical (unpaired) electrons. The largest absolute Gasteiger partial charge is 0.480 e. The Morgan fingerprint density at radius 3 is 2.10 bits per heavy atom. The van der Waals surface area contributed by atoms with Crippen LogP contribution in [0.1, 0.15) is 70.8 Å². The van der Waals surface area contributed by atoms with Gasteiger partial charge in [-0.3, -0.25) is 4.79 Å². The summed E-state index contributed by atoms with van der Waals surface area (Å²) < 4.78 is 5.52. The van der Waals surface area contributed by atoms with E-state index in [-0.39, 0.29) is 18.3 Å². The molecule has 1 atom stereocenters. The fraction of sp³-hybridized carbons (Fsp3) is 0.594. The van der Waals surface area contributed by atoms with E-state index in [0.29, 0.717) is 30.1 Å². The molecule has 2 N–H and O–H groups in total. The van der Waals surface area contributed by atoms with Gasteiger partial charge in [0.25, 0.3) is 0 Å². The van der Waals surface area contributed by atoms with Crippen molar-refractivity contribution in [1.29, 1.82) is 0 Å². The first-order chi connectivity index (χ1) is 19.7. The number of nitrogens with zero attached hydrogens (tertiary/aromatic N) is 3. The number of ketones is 1. The highest BCUT2D eigenvalue weighted by molar-refractivity contribution is 6.19. The number of Topliss-reactive ketones (excluding diaryl/α,β-unsaturated/α-hetero) is 1. The molecule has 1 aliphatic carbocycles. The van der Waals surface area contributed by atoms with Gasteiger partial charge in [0.1, 0.15) is 17.5 Å². The van der Waals surface area contributed by atoms with Gasteiger partial charge in [-0.05, 0) is 37.6 Å². The van der Waals surface area contributed by atoms with Gasteiger partial charge in [-0.1, -0.05) is 71.1 Å². The number of rotatable bonds is 17. The Morgan fingerprint density at radius 1 is 0.976 bits per heavy atom. The number of nitrogens with one attached hydrogen (secondary N) is 1. The predicted molar refractivity (Wildman–Crippen MR) is 161 cm³/mol. The van der Waals surface area contributed by atoms with Crippen molar-refractivity contribution in [2.75, 3.05) is 46.3 Å². The molecule has 1 unspecified atom stereocenters. The molecule has 0 saturated carbocycles. The summed E-state index contributed by atoms with van der Waals surface area (Å²) in [6.07, 6.45) is 8.72. The summed E-state index contributed by atoms with van der Waals surface area (Å²) in [7, 11) is 2.02. The Kier molecular flexibility index (Phi) is 12.7. The van der Waals surface area contributed by atoms with Crippen LogP contribution < -0.4 is 10.1 Å². The van der Waals surface area contributed by atoms with Crippen molar-refractivity contribution in [3.8, 4) is 5.75 Å². The third-order valence-electron chi connectivity index (χ3n) is 7.85. The molecule has 41 heavy (non-hydrogen) atoms. The highest BCUT2D eigenvalue weighted by Crippen LogP contribution is 2.32. The molecule has 1 heterocycles. The number of aliphatic carboxylic acids is 1. The van der Waals surface area contributed by atoms with E-state index in [4.69, 9.17) is 4.74 Å². The van der Waals surface area contributed by atoms with Gasteiger partial charge in [0.05, 0.1) is 5.70 Å². The number of carbonyl (C=O) groups is 3. The van der Waals surface area contributed by atoms with Crippen molar-refractivity contribution >= 4 is 17.8 Å². The minimum atomic E-state index is -1.04. The summed E-state index contributed by atoms with van der Waals surface area (Å²) in [5, 5.41) is 13.0. The molecular weight excluding hydrogens is 520 g/mol. The summed E-state index contributed by atoms with van der Waals surface area (Å²) in [5.74, 6) is -0.843. The standard InChI is InChI=1S/C32H48N4O5/c1-5-7-9-11-17-35(18-12-10-8-6-2)29-24(3)30(37)28(29)33-27(31(38)39)23-25-13-15-26(16-14-25)41-32(40)36-21-19-34(4)20-22-36/h13-16,27,33H,3,5-12,17-23H2,1-2,4H3,(H,38,39). The van der Waals surface area contributed by atoms with Gasteiger partial charge in [-0.25, -0.2) is 9.59 Å². The quantitative estimate of drug-likeness (QED) is 0.204. The molecule has 0 aromatic heterocycles. The van der Waals surface area contributed by atoms with E-state index in [2.05, 4.69) is 35.5 Å². The average Bonchev–Trinajstić information content (AvgIpc) is 2.97. The minimum Gasteiger partial charge on any atom is -0.480 e. The predicted octanol–water partition coefficient (Wildman–Crippen LogP) is 4.83. The number of benzene rings is 1. The molecule has 1 aromatic carbocycles. The third kappa shape index (κ3) is 9.35. The smallest absolute Gasteiger partial charge is 0.415 e. The number of likely N-dealkylation sites (N-methyl/N-ethyl adjacent to an activating group) is 1. The summed E-state index contributed by atoms with van der Waals surface area (Å²) >= 11 is 0. The summed E-state index contributed by atoms with van der Waals surface area (Å²) in [6.45, 7) is 12.9. The third-order valence-corrected chi connectivity index (χ3v) is 7.85. The van der Waals surface area contributed by atoms with Crippen molar-refractivity contribution in [2.45, 2.75) is 77.7 Å². The fourth-order valence-corrected chi connectivity index (χ4v) is 5.19. The summed E-state index contributed by atoms with van der Waals surface area (Å²) in [4.78, 5) is 43.6. The molecule has 1 aliphatic heterocycles. The normalized spacial score (nSPS) is 16.4. The van der Waals surface area contributed by atoms with Gasteiger partial charge >= 0.3 is 12.1 Å². The number of hydrogen-bond donors (Lipinski definition) is 2. The number of carbonyl (C=O) groups excluding carboxylic acids is 2. The van der Waals surface area contributed by atoms with Crippen molar-refractivity contribution in [2.24, 2.45) is 0 Å². The molecule has 1 aromatic rings. The number of carboxylic acid groups (broad SMARTS) is 1. The van der Waals surface area contributed by atoms with Crippen molar-refractivity contribution in [3.05, 3.63) is 53.4 Å². The van der Waals surface area contributed by atoms with Gasteiger partial charge in [-0.15, -0.1) is 0 Å². The molecule has 9 nitrogen and oxygen atoms in total. The molecule has 0 bridgehead atoms. The number of hydrogen-bond acceptors (Lipinski definition) is 7. The van der Waals surface area contributed by atoms with Crippen molar-refractivity contribution < 1.29 is 24.2 Å². The van der Waals surface area contributed by atoms with Crippen LogP contribution in [-0.4, -0.2) is 90.0 Å². The lowest BCUT2D eigenvalue weighted by Gasteiger charge is -2.37. The fourth-order valence-electron chi connectivity index (χ4n) is 5.19. The first-order valence-electron chi connectivity index (χ1n) is 15.2. The van der Waals surface area contributed by atoms with Crippen LogP contribution in [0, 0.1) is 0 Å². The van der Waals surface area contributed by atoms with Gasteiger partial charge in [-0.2, -0.15) is 0 Å². The van der Waals surface area contributed by atoms with Crippen molar-refractivity contribution in [1.82, 2.24) is 20.0 Å². The van der Waals surface area contributed by atoms with Gasteiger partial charge in [0, 0.05) is 51.3 Å². The number of allylic oxidation sites excluding steroid dienone is 2. The highest BCUT2D eigenvalue weighted by Gasteiger charge is 2.37. The Bertz CT molecular complexity index is 1060. The zero-order chi connectivity index (χ0) is 29.8. The van der Waals surface area contributed by atoms with Crippen LogP contribution in [0.15, 0.2) is 47.8 Å². The van der Waals surface area contributed by atoms with E-state index in [1.807, 2.05) is 7.05 Å². The van der Waals surface area contributed by atoms with E-state index >= 15 is 0 Å². The number of unbranched alkanes of at least 4 members (excludes halogenated alkanes) is 6. The maximum atomic E-state index is 12.8. The molecule has 1 saturated heterocycles. The van der Waals surface area contributed by atoms with Gasteiger partial charge in [0.2, 0.25) is 5.78 Å². The molecule has 226 valence electrons. The Hall–Kier alpha value is -3.33. The van der Waals surface area contributed by atoms with E-state index in [1.54, 1.807) is 29.2 Å². The second-order valence-electron chi connectivity index (χ2n) is 11.2. The summed E-state index contributed by atoms with van der Waals surface area (Å²) in [6, 6.07) is 5.89. The van der Waals surface area contributed by atoms with Gasteiger partial charge < -0.3 is 29.9 Å². The number of carboxylic acids is 1. The molecular formula is C32H48N4O5. The number of amides is 1. The topological polar surface area (TPSA) is 102 Å². The molecule has 0 spiro atoms. The maximum absolute atomic E-state index is 12.8. The molecule has 3 rings (SSSR count). The van der Waals surface area contributed by atoms with Crippen molar-refractivity contribution in [3.63, 3.8) is 0 Å². The molecule has 1 fully saturated rings. The first-order valence-corrected chi connectivity index (χ1v) is 15.2. The van der Waals surface area contributed by atoms with Crippen LogP contribution in [0.5, 0.6) is 5.75 Å². The highest BCUT2D eigenvalue weighted by atomic mass is 16.6. The lowest BCUT2D eigenvalue weighted by atomic mass is 9.90. The monoisotopic (exact) mass is 568 g/mol. The Morgan fingerprint density at radius 2 is 1.56 bits per heavy atom. The second-order valence-corrected chi connectivity index (χ2v) is 11.2. The summed E-state index contributed by atoms with van der Waals surface area (Å²) in [5.41, 5.74) is 2.33. The Labute approximate surface area is 245 Å². The molecule has 1 amide bonds. The average molecular weight is 569 g/mol. The lowest BCUT2D eigenvalue weighted by molar-refractivity contribution is -0.139. The van der Waals surface area contributed by atoms with E-state index in [1.165, 1.54) is 12.8 Å². The lowest BCUT2D eigenvalue weighted by Crippen LogP contribution is -2.48. The maximum Gasteiger partial charge on any atom is 0.415 e. The second kappa shape index (κ2) is 16.2. The van der Waals surface area contributed by atoms with Crippen LogP contribution >= 0.6 is 0 Å². The van der Waals surface area contributed by atoms with E-state index in [0.717, 1.165) is 76.0 Å². The van der Waals surface area contributed by atoms with Crippen LogP contribution in [0.25, 0.3) is 0 Å². The van der Waals surface area contributed by atoms with E-state index in [9.17, 15) is 19.5 Å². The number of ether oxygens (including phenoxy) is 1. The van der Waals surface area contributed by atoms with Crippen LogP contribution in [-0.2, 0) is 16.0 Å². The zero-order valence-corrected chi connectivity index (χ0v) is 25.1. The van der Waals surface area contributed by atoms with Crippen LogP contribution in [0.3, 0.4) is 0 Å². The SMILES string of the molecule is C=C1C(=O)C(NC(Cc2ccc(OC(=O)N3CCN(C)CC3)cc2)C(=O)O)=C1N(CCCCCC)CCCCCC. The van der Waals surface area contributed by atoms with Crippen LogP contribution in [0.2, 0.25) is 0 Å². The molecule has 2 aliphatic rings.